The van der Waals surface area contributed by atoms with Crippen LogP contribution in [0.1, 0.15) is 40.7 Å². The average molecular weight is 353 g/mol. The lowest BCUT2D eigenvalue weighted by molar-refractivity contribution is 0.102. The molecule has 1 N–H and O–H groups in total. The molecule has 1 aromatic heterocycles. The van der Waals surface area contributed by atoms with Crippen LogP contribution in [0.2, 0.25) is 0 Å². The van der Waals surface area contributed by atoms with E-state index in [1.54, 1.807) is 6.20 Å². The van der Waals surface area contributed by atoms with Crippen LogP contribution in [0.4, 0.5) is 17.5 Å². The highest BCUT2D eigenvalue weighted by molar-refractivity contribution is 6.05. The molecule has 0 saturated carbocycles. The molecular weight excluding hydrogens is 326 g/mol. The number of carbonyl (C=O) groups excluding carboxylic acids is 1. The van der Waals surface area contributed by atoms with Gasteiger partial charge in [-0.25, -0.2) is 4.98 Å². The van der Waals surface area contributed by atoms with E-state index in [2.05, 4.69) is 15.2 Å². The van der Waals surface area contributed by atoms with E-state index in [0.29, 0.717) is 11.3 Å². The normalized spacial score (nSPS) is 14.2. The molecule has 1 aliphatic rings. The molecule has 0 bridgehead atoms. The second-order valence-electron chi connectivity index (χ2n) is 7.10. The lowest BCUT2D eigenvalue weighted by Gasteiger charge is -2.28. The van der Waals surface area contributed by atoms with E-state index in [-0.39, 0.29) is 5.91 Å². The number of hydrogen-bond acceptors (Lipinski definition) is 5. The molecule has 3 rings (SSSR count). The number of nitrogens with zero attached hydrogens (tertiary/aromatic N) is 4. The number of nitrogens with one attached hydrogen (secondary N) is 1. The molecule has 1 saturated heterocycles. The van der Waals surface area contributed by atoms with E-state index < -0.39 is 0 Å². The molecule has 2 heterocycles. The number of aromatic nitrogens is 2. The van der Waals surface area contributed by atoms with Crippen LogP contribution in [-0.4, -0.2) is 43.1 Å². The van der Waals surface area contributed by atoms with Crippen LogP contribution in [-0.2, 0) is 0 Å². The van der Waals surface area contributed by atoms with Crippen molar-refractivity contribution in [3.05, 3.63) is 41.1 Å². The Bertz CT molecular complexity index is 797. The third-order valence-corrected chi connectivity index (χ3v) is 4.84. The largest absolute Gasteiger partial charge is 0.361 e. The summed E-state index contributed by atoms with van der Waals surface area (Å²) < 4.78 is 0. The first kappa shape index (κ1) is 18.2. The van der Waals surface area contributed by atoms with Crippen molar-refractivity contribution < 1.29 is 4.79 Å². The van der Waals surface area contributed by atoms with Crippen LogP contribution in [0.15, 0.2) is 24.4 Å². The molecule has 26 heavy (non-hydrogen) atoms. The van der Waals surface area contributed by atoms with E-state index in [4.69, 9.17) is 4.98 Å². The van der Waals surface area contributed by atoms with Crippen molar-refractivity contribution in [2.24, 2.45) is 0 Å². The standard InChI is InChI=1S/C20H27N5O/c1-14-8-9-16(12-15(14)2)19(26)22-17-13-21-20(23-18(17)24(3)4)25-10-6-5-7-11-25/h8-9,12-13H,5-7,10-11H2,1-4H3,(H,22,26). The topological polar surface area (TPSA) is 61.4 Å². The molecule has 0 unspecified atom stereocenters. The minimum Gasteiger partial charge on any atom is -0.361 e. The number of rotatable bonds is 4. The van der Waals surface area contributed by atoms with Crippen molar-refractivity contribution in [2.45, 2.75) is 33.1 Å². The van der Waals surface area contributed by atoms with Gasteiger partial charge >= 0.3 is 0 Å². The van der Waals surface area contributed by atoms with Crippen molar-refractivity contribution in [3.63, 3.8) is 0 Å². The van der Waals surface area contributed by atoms with E-state index in [1.165, 1.54) is 24.8 Å². The van der Waals surface area contributed by atoms with Gasteiger partial charge < -0.3 is 15.1 Å². The summed E-state index contributed by atoms with van der Waals surface area (Å²) >= 11 is 0. The number of amides is 1. The maximum atomic E-state index is 12.6. The van der Waals surface area contributed by atoms with Crippen LogP contribution in [0.25, 0.3) is 0 Å². The van der Waals surface area contributed by atoms with E-state index in [0.717, 1.165) is 30.4 Å². The number of aryl methyl sites for hydroxylation is 2. The van der Waals surface area contributed by atoms with Crippen molar-refractivity contribution in [2.75, 3.05) is 42.3 Å². The molecule has 1 fully saturated rings. The summed E-state index contributed by atoms with van der Waals surface area (Å²) in [5.41, 5.74) is 3.53. The smallest absolute Gasteiger partial charge is 0.255 e. The molecule has 0 aliphatic carbocycles. The number of hydrogen-bond donors (Lipinski definition) is 1. The monoisotopic (exact) mass is 353 g/mol. The quantitative estimate of drug-likeness (QED) is 0.913. The van der Waals surface area contributed by atoms with Gasteiger partial charge in [-0.15, -0.1) is 0 Å². The summed E-state index contributed by atoms with van der Waals surface area (Å²) in [4.78, 5) is 26.0. The Balaban J connectivity index is 1.84. The third kappa shape index (κ3) is 3.95. The van der Waals surface area contributed by atoms with Crippen LogP contribution in [0, 0.1) is 13.8 Å². The van der Waals surface area contributed by atoms with Gasteiger partial charge in [0.1, 0.15) is 5.69 Å². The Hall–Kier alpha value is -2.63. The summed E-state index contributed by atoms with van der Waals surface area (Å²) in [7, 11) is 3.85. The van der Waals surface area contributed by atoms with E-state index in [9.17, 15) is 4.79 Å². The molecule has 1 aliphatic heterocycles. The van der Waals surface area contributed by atoms with Gasteiger partial charge in [-0.3, -0.25) is 4.79 Å². The van der Waals surface area contributed by atoms with Gasteiger partial charge in [-0.2, -0.15) is 4.98 Å². The predicted octanol–water partition coefficient (Wildman–Crippen LogP) is 3.40. The minimum absolute atomic E-state index is 0.148. The highest BCUT2D eigenvalue weighted by Crippen LogP contribution is 2.26. The number of benzene rings is 1. The van der Waals surface area contributed by atoms with Crippen LogP contribution in [0.5, 0.6) is 0 Å². The van der Waals surface area contributed by atoms with Crippen molar-refractivity contribution in [3.8, 4) is 0 Å². The second kappa shape index (κ2) is 7.72. The molecule has 6 nitrogen and oxygen atoms in total. The van der Waals surface area contributed by atoms with Gasteiger partial charge in [-0.05, 0) is 56.4 Å². The van der Waals surface area contributed by atoms with Gasteiger partial charge in [0.25, 0.3) is 5.91 Å². The molecule has 0 radical (unpaired) electrons. The fourth-order valence-electron chi connectivity index (χ4n) is 3.12. The maximum Gasteiger partial charge on any atom is 0.255 e. The molecule has 0 spiro atoms. The zero-order chi connectivity index (χ0) is 18.7. The second-order valence-corrected chi connectivity index (χ2v) is 7.10. The van der Waals surface area contributed by atoms with Gasteiger partial charge in [-0.1, -0.05) is 6.07 Å². The highest BCUT2D eigenvalue weighted by Gasteiger charge is 2.18. The number of carbonyl (C=O) groups is 1. The zero-order valence-corrected chi connectivity index (χ0v) is 16.0. The Labute approximate surface area is 155 Å². The Morgan fingerprint density at radius 3 is 2.50 bits per heavy atom. The lowest BCUT2D eigenvalue weighted by atomic mass is 10.1. The summed E-state index contributed by atoms with van der Waals surface area (Å²) in [6, 6.07) is 5.71. The first-order valence-corrected chi connectivity index (χ1v) is 9.13. The summed E-state index contributed by atoms with van der Waals surface area (Å²) in [5, 5.41) is 2.96. The number of anilines is 3. The van der Waals surface area contributed by atoms with Crippen molar-refractivity contribution in [1.29, 1.82) is 0 Å². The summed E-state index contributed by atoms with van der Waals surface area (Å²) in [6.07, 6.45) is 5.32. The van der Waals surface area contributed by atoms with Gasteiger partial charge in [0.05, 0.1) is 6.20 Å². The maximum absolute atomic E-state index is 12.6. The van der Waals surface area contributed by atoms with Crippen molar-refractivity contribution in [1.82, 2.24) is 9.97 Å². The third-order valence-electron chi connectivity index (χ3n) is 4.84. The molecule has 0 atom stereocenters. The Morgan fingerprint density at radius 1 is 1.12 bits per heavy atom. The first-order chi connectivity index (χ1) is 12.5. The minimum atomic E-state index is -0.148. The molecule has 2 aromatic rings. The molecule has 138 valence electrons. The fraction of sp³-hybridized carbons (Fsp3) is 0.450. The SMILES string of the molecule is Cc1ccc(C(=O)Nc2cnc(N3CCCCC3)nc2N(C)C)cc1C. The Kier molecular flexibility index (Phi) is 5.40. The fourth-order valence-corrected chi connectivity index (χ4v) is 3.12. The summed E-state index contributed by atoms with van der Waals surface area (Å²) in [6.45, 7) is 6.02. The van der Waals surface area contributed by atoms with E-state index in [1.807, 2.05) is 51.0 Å². The molecule has 6 heteroatoms. The Morgan fingerprint density at radius 2 is 1.85 bits per heavy atom. The molecular formula is C20H27N5O. The van der Waals surface area contributed by atoms with Crippen LogP contribution >= 0.6 is 0 Å². The van der Waals surface area contributed by atoms with Gasteiger partial charge in [0.2, 0.25) is 5.95 Å². The predicted molar refractivity (Wildman–Crippen MR) is 106 cm³/mol. The lowest BCUT2D eigenvalue weighted by Crippen LogP contribution is -2.31. The first-order valence-electron chi connectivity index (χ1n) is 9.13. The highest BCUT2D eigenvalue weighted by atomic mass is 16.1. The van der Waals surface area contributed by atoms with Crippen molar-refractivity contribution >= 4 is 23.4 Å². The number of piperidine rings is 1. The summed E-state index contributed by atoms with van der Waals surface area (Å²) in [5.74, 6) is 1.31. The average Bonchev–Trinajstić information content (AvgIpc) is 2.64. The van der Waals surface area contributed by atoms with E-state index >= 15 is 0 Å². The zero-order valence-electron chi connectivity index (χ0n) is 16.0. The van der Waals surface area contributed by atoms with Gasteiger partial charge in [0.15, 0.2) is 5.82 Å². The van der Waals surface area contributed by atoms with Gasteiger partial charge in [0, 0.05) is 32.7 Å². The molecule has 1 aromatic carbocycles. The van der Waals surface area contributed by atoms with Crippen LogP contribution in [0.3, 0.4) is 0 Å². The molecule has 1 amide bonds. The van der Waals surface area contributed by atoms with Crippen LogP contribution < -0.4 is 15.1 Å².